The highest BCUT2D eigenvalue weighted by Gasteiger charge is 2.18. The number of hydrogen-bond donors (Lipinski definition) is 3. The van der Waals surface area contributed by atoms with Gasteiger partial charge in [-0.25, -0.2) is 4.98 Å². The van der Waals surface area contributed by atoms with Crippen LogP contribution in [0, 0.1) is 0 Å². The molecule has 10 nitrogen and oxygen atoms in total. The fourth-order valence-electron chi connectivity index (χ4n) is 3.61. The van der Waals surface area contributed by atoms with Gasteiger partial charge in [0.25, 0.3) is 0 Å². The molecule has 4 heterocycles. The van der Waals surface area contributed by atoms with E-state index in [1.807, 2.05) is 34.5 Å². The fourth-order valence-corrected chi connectivity index (χ4v) is 4.53. The number of nitrogens with one attached hydrogen (secondary N) is 2. The normalized spacial score (nSPS) is 13.7. The number of carboxylic acids is 1. The van der Waals surface area contributed by atoms with Crippen molar-refractivity contribution in [1.82, 2.24) is 9.97 Å². The van der Waals surface area contributed by atoms with Gasteiger partial charge in [-0.2, -0.15) is 4.98 Å². The Kier molecular flexibility index (Phi) is 6.11. The van der Waals surface area contributed by atoms with Crippen LogP contribution in [-0.2, 0) is 9.53 Å². The number of ether oxygens (including phenoxy) is 1. The third-order valence-electron chi connectivity index (χ3n) is 5.28. The van der Waals surface area contributed by atoms with Gasteiger partial charge >= 0.3 is 5.97 Å². The van der Waals surface area contributed by atoms with E-state index in [2.05, 4.69) is 20.6 Å². The molecule has 1 fully saturated rings. The Labute approximate surface area is 197 Å². The summed E-state index contributed by atoms with van der Waals surface area (Å²) in [6.07, 6.45) is 1.54. The molecule has 1 aromatic carbocycles. The van der Waals surface area contributed by atoms with Gasteiger partial charge in [-0.3, -0.25) is 9.59 Å². The lowest BCUT2D eigenvalue weighted by Gasteiger charge is -2.27. The second-order valence-electron chi connectivity index (χ2n) is 7.57. The monoisotopic (exact) mass is 479 g/mol. The van der Waals surface area contributed by atoms with Crippen molar-refractivity contribution in [2.45, 2.75) is 0 Å². The van der Waals surface area contributed by atoms with Gasteiger partial charge in [-0.05, 0) is 23.8 Å². The van der Waals surface area contributed by atoms with E-state index < -0.39 is 5.97 Å². The Morgan fingerprint density at radius 2 is 1.97 bits per heavy atom. The molecule has 5 rings (SSSR count). The lowest BCUT2D eigenvalue weighted by molar-refractivity contribution is -0.134. The molecule has 0 saturated carbocycles. The number of benzene rings is 1. The van der Waals surface area contributed by atoms with Gasteiger partial charge in [0.15, 0.2) is 11.5 Å². The quantitative estimate of drug-likeness (QED) is 0.363. The summed E-state index contributed by atoms with van der Waals surface area (Å²) in [5.41, 5.74) is 3.06. The lowest BCUT2D eigenvalue weighted by atomic mass is 10.1. The Morgan fingerprint density at radius 1 is 1.18 bits per heavy atom. The van der Waals surface area contributed by atoms with Gasteiger partial charge in [0.1, 0.15) is 17.1 Å². The van der Waals surface area contributed by atoms with E-state index in [1.54, 1.807) is 18.3 Å². The molecule has 0 radical (unpaired) electrons. The maximum atomic E-state index is 12.7. The minimum absolute atomic E-state index is 0.0502. The van der Waals surface area contributed by atoms with Crippen LogP contribution >= 0.6 is 11.3 Å². The van der Waals surface area contributed by atoms with Crippen molar-refractivity contribution in [3.8, 4) is 11.1 Å². The van der Waals surface area contributed by atoms with Crippen LogP contribution in [0.1, 0.15) is 0 Å². The number of thiophene rings is 1. The van der Waals surface area contributed by atoms with Crippen LogP contribution < -0.4 is 21.0 Å². The molecule has 34 heavy (non-hydrogen) atoms. The summed E-state index contributed by atoms with van der Waals surface area (Å²) < 4.78 is 12.2. The topological polar surface area (TPSA) is 130 Å². The number of aromatic nitrogens is 2. The van der Waals surface area contributed by atoms with Gasteiger partial charge in [-0.1, -0.05) is 12.1 Å². The standard InChI is InChI=1S/C23H21N5O5S/c29-17-11-19(28-7-9-32-10-8-28)33-21-16(13-34-22(17)21)14-1-3-15(4-2-14)26-23-24-6-5-18(27-23)25-12-20(30)31/h1-6,11,13H,7-10,12H2,(H,30,31)(H2,24,25,26,27). The summed E-state index contributed by atoms with van der Waals surface area (Å²) in [5, 5.41) is 16.5. The zero-order chi connectivity index (χ0) is 23.5. The number of fused-ring (bicyclic) bond motifs is 1. The third kappa shape index (κ3) is 4.70. The maximum absolute atomic E-state index is 12.7. The van der Waals surface area contributed by atoms with Crippen LogP contribution in [0.5, 0.6) is 0 Å². The molecule has 11 heteroatoms. The van der Waals surface area contributed by atoms with Crippen LogP contribution in [0.4, 0.5) is 23.3 Å². The number of carbonyl (C=O) groups is 1. The second kappa shape index (κ2) is 9.49. The summed E-state index contributed by atoms with van der Waals surface area (Å²) in [6.45, 7) is 2.35. The smallest absolute Gasteiger partial charge is 0.322 e. The minimum atomic E-state index is -0.974. The number of aliphatic carboxylic acids is 1. The number of morpholine rings is 1. The summed E-state index contributed by atoms with van der Waals surface area (Å²) in [4.78, 5) is 33.9. The number of carboxylic acid groups (broad SMARTS) is 1. The van der Waals surface area contributed by atoms with E-state index in [0.717, 1.165) is 16.8 Å². The van der Waals surface area contributed by atoms with E-state index in [1.165, 1.54) is 11.3 Å². The largest absolute Gasteiger partial charge is 0.480 e. The highest BCUT2D eigenvalue weighted by Crippen LogP contribution is 2.35. The van der Waals surface area contributed by atoms with Crippen molar-refractivity contribution in [2.75, 3.05) is 48.4 Å². The number of hydrogen-bond acceptors (Lipinski definition) is 10. The molecule has 1 aliphatic heterocycles. The van der Waals surface area contributed by atoms with E-state index >= 15 is 0 Å². The van der Waals surface area contributed by atoms with Crippen LogP contribution in [0.2, 0.25) is 0 Å². The van der Waals surface area contributed by atoms with Gasteiger partial charge in [-0.15, -0.1) is 11.3 Å². The van der Waals surface area contributed by atoms with Crippen molar-refractivity contribution in [1.29, 1.82) is 0 Å². The molecule has 3 aromatic heterocycles. The van der Waals surface area contributed by atoms with E-state index in [9.17, 15) is 9.59 Å². The lowest BCUT2D eigenvalue weighted by Crippen LogP contribution is -2.36. The fraction of sp³-hybridized carbons (Fsp3) is 0.217. The molecular formula is C23H21N5O5S. The van der Waals surface area contributed by atoms with Crippen molar-refractivity contribution in [2.24, 2.45) is 0 Å². The van der Waals surface area contributed by atoms with Crippen LogP contribution in [0.15, 0.2) is 57.2 Å². The average molecular weight is 480 g/mol. The van der Waals surface area contributed by atoms with Gasteiger partial charge in [0.2, 0.25) is 11.4 Å². The third-order valence-corrected chi connectivity index (χ3v) is 6.26. The molecule has 0 bridgehead atoms. The van der Waals surface area contributed by atoms with Crippen molar-refractivity contribution in [3.05, 3.63) is 58.2 Å². The van der Waals surface area contributed by atoms with Gasteiger partial charge < -0.3 is 29.8 Å². The predicted molar refractivity (Wildman–Crippen MR) is 130 cm³/mol. The van der Waals surface area contributed by atoms with Gasteiger partial charge in [0.05, 0.1) is 13.2 Å². The first-order valence-electron chi connectivity index (χ1n) is 10.6. The summed E-state index contributed by atoms with van der Waals surface area (Å²) in [6, 6.07) is 10.8. The van der Waals surface area contributed by atoms with Crippen LogP contribution in [0.3, 0.4) is 0 Å². The first-order chi connectivity index (χ1) is 16.6. The zero-order valence-corrected chi connectivity index (χ0v) is 18.8. The highest BCUT2D eigenvalue weighted by molar-refractivity contribution is 7.17. The van der Waals surface area contributed by atoms with E-state index in [0.29, 0.717) is 54.2 Å². The van der Waals surface area contributed by atoms with E-state index in [-0.39, 0.29) is 12.0 Å². The summed E-state index contributed by atoms with van der Waals surface area (Å²) in [5.74, 6) is 0.336. The molecule has 0 unspecified atom stereocenters. The van der Waals surface area contributed by atoms with Gasteiger partial charge in [0, 0.05) is 42.0 Å². The Hall–Kier alpha value is -3.96. The number of rotatable bonds is 7. The SMILES string of the molecule is O=C(O)CNc1ccnc(Nc2ccc(-c3csc4c(=O)cc(N5CCOCC5)oc34)cc2)n1. The first kappa shape index (κ1) is 21.9. The number of anilines is 4. The molecule has 3 N–H and O–H groups in total. The predicted octanol–water partition coefficient (Wildman–Crippen LogP) is 3.39. The number of nitrogens with zero attached hydrogens (tertiary/aromatic N) is 3. The molecule has 4 aromatic rings. The molecule has 174 valence electrons. The zero-order valence-electron chi connectivity index (χ0n) is 18.0. The molecule has 0 atom stereocenters. The first-order valence-corrected chi connectivity index (χ1v) is 11.5. The molecule has 0 aliphatic carbocycles. The Balaban J connectivity index is 1.38. The molecule has 0 amide bonds. The van der Waals surface area contributed by atoms with Crippen molar-refractivity contribution < 1.29 is 19.1 Å². The molecule has 1 saturated heterocycles. The second-order valence-corrected chi connectivity index (χ2v) is 8.45. The Morgan fingerprint density at radius 3 is 2.74 bits per heavy atom. The molecular weight excluding hydrogens is 458 g/mol. The summed E-state index contributed by atoms with van der Waals surface area (Å²) in [7, 11) is 0. The average Bonchev–Trinajstić information content (AvgIpc) is 3.29. The minimum Gasteiger partial charge on any atom is -0.480 e. The Bertz CT molecular complexity index is 1380. The molecule has 1 aliphatic rings. The highest BCUT2D eigenvalue weighted by atomic mass is 32.1. The van der Waals surface area contributed by atoms with Crippen molar-refractivity contribution in [3.63, 3.8) is 0 Å². The summed E-state index contributed by atoms with van der Waals surface area (Å²) >= 11 is 1.37. The van der Waals surface area contributed by atoms with E-state index in [4.69, 9.17) is 14.3 Å². The maximum Gasteiger partial charge on any atom is 0.322 e. The van der Waals surface area contributed by atoms with Crippen molar-refractivity contribution >= 4 is 50.9 Å². The van der Waals surface area contributed by atoms with Crippen LogP contribution in [0.25, 0.3) is 21.4 Å². The van der Waals surface area contributed by atoms with Crippen LogP contribution in [-0.4, -0.2) is 53.9 Å². The molecule has 0 spiro atoms.